The number of methoxy groups -OCH3 is 2. The van der Waals surface area contributed by atoms with Crippen molar-refractivity contribution in [3.63, 3.8) is 0 Å². The topological polar surface area (TPSA) is 83.1 Å². The fraction of sp³-hybridized carbons (Fsp3) is 0.867. The Morgan fingerprint density at radius 3 is 2.05 bits per heavy atom. The summed E-state index contributed by atoms with van der Waals surface area (Å²) in [6.45, 7) is 8.78. The standard InChI is InChI=1S/C15H29NO6/c1-14(2,21-9-7-12(17)19-5)8-10-22-15(3,4)11-16-13(18)20-6/h7-11H2,1-6H3,(H,16,18). The Bertz CT molecular complexity index is 354. The molecule has 0 aliphatic carbocycles. The fourth-order valence-electron chi connectivity index (χ4n) is 1.57. The second kappa shape index (κ2) is 9.63. The van der Waals surface area contributed by atoms with Crippen molar-refractivity contribution in [3.05, 3.63) is 0 Å². The third kappa shape index (κ3) is 10.4. The minimum Gasteiger partial charge on any atom is -0.469 e. The molecule has 0 spiro atoms. The zero-order valence-electron chi connectivity index (χ0n) is 14.5. The molecule has 0 fully saturated rings. The van der Waals surface area contributed by atoms with Crippen molar-refractivity contribution < 1.29 is 28.5 Å². The number of amides is 1. The minimum atomic E-state index is -0.504. The number of hydrogen-bond acceptors (Lipinski definition) is 6. The third-order valence-electron chi connectivity index (χ3n) is 3.07. The van der Waals surface area contributed by atoms with Crippen LogP contribution in [0.4, 0.5) is 4.79 Å². The van der Waals surface area contributed by atoms with Crippen LogP contribution in [0.3, 0.4) is 0 Å². The van der Waals surface area contributed by atoms with Gasteiger partial charge in [0, 0.05) is 6.54 Å². The number of nitrogens with one attached hydrogen (secondary N) is 1. The summed E-state index contributed by atoms with van der Waals surface area (Å²) in [5.74, 6) is -0.290. The lowest BCUT2D eigenvalue weighted by molar-refractivity contribution is -0.143. The van der Waals surface area contributed by atoms with E-state index >= 15 is 0 Å². The molecule has 0 radical (unpaired) electrons. The highest BCUT2D eigenvalue weighted by Gasteiger charge is 2.23. The highest BCUT2D eigenvalue weighted by atomic mass is 16.5. The predicted octanol–water partition coefficient (Wildman–Crippen LogP) is 1.89. The van der Waals surface area contributed by atoms with E-state index in [9.17, 15) is 9.59 Å². The van der Waals surface area contributed by atoms with Gasteiger partial charge in [-0.1, -0.05) is 0 Å². The first-order chi connectivity index (χ1) is 10.1. The summed E-state index contributed by atoms with van der Waals surface area (Å²) in [6, 6.07) is 0. The van der Waals surface area contributed by atoms with Crippen molar-refractivity contribution in [1.82, 2.24) is 5.32 Å². The van der Waals surface area contributed by atoms with Crippen LogP contribution in [-0.2, 0) is 23.7 Å². The van der Waals surface area contributed by atoms with E-state index in [0.717, 1.165) is 0 Å². The lowest BCUT2D eigenvalue weighted by atomic mass is 10.1. The molecule has 0 aromatic carbocycles. The number of carbonyl (C=O) groups is 2. The highest BCUT2D eigenvalue weighted by molar-refractivity contribution is 5.69. The molecular weight excluding hydrogens is 290 g/mol. The van der Waals surface area contributed by atoms with Crippen molar-refractivity contribution in [1.29, 1.82) is 0 Å². The van der Waals surface area contributed by atoms with Crippen molar-refractivity contribution in [2.75, 3.05) is 34.0 Å². The Morgan fingerprint density at radius 2 is 1.50 bits per heavy atom. The molecule has 130 valence electrons. The average molecular weight is 319 g/mol. The quantitative estimate of drug-likeness (QED) is 0.619. The summed E-state index contributed by atoms with van der Waals surface area (Å²) in [4.78, 5) is 22.1. The third-order valence-corrected chi connectivity index (χ3v) is 3.07. The molecule has 0 atom stereocenters. The van der Waals surface area contributed by atoms with E-state index in [-0.39, 0.29) is 12.4 Å². The van der Waals surface area contributed by atoms with Crippen LogP contribution in [0.2, 0.25) is 0 Å². The van der Waals surface area contributed by atoms with E-state index in [1.54, 1.807) is 0 Å². The molecule has 22 heavy (non-hydrogen) atoms. The first kappa shape index (κ1) is 20.7. The Hall–Kier alpha value is -1.34. The summed E-state index contributed by atoms with van der Waals surface area (Å²) in [5, 5.41) is 2.60. The van der Waals surface area contributed by atoms with E-state index in [2.05, 4.69) is 14.8 Å². The van der Waals surface area contributed by atoms with Crippen LogP contribution in [0.5, 0.6) is 0 Å². The average Bonchev–Trinajstić information content (AvgIpc) is 2.43. The highest BCUT2D eigenvalue weighted by Crippen LogP contribution is 2.17. The molecule has 1 amide bonds. The molecule has 0 heterocycles. The Morgan fingerprint density at radius 1 is 0.909 bits per heavy atom. The minimum absolute atomic E-state index is 0.231. The molecule has 0 rings (SSSR count). The number of esters is 1. The molecule has 0 aromatic heterocycles. The Labute approximate surface area is 132 Å². The lowest BCUT2D eigenvalue weighted by Gasteiger charge is -2.29. The normalized spacial score (nSPS) is 11.9. The van der Waals surface area contributed by atoms with Crippen LogP contribution < -0.4 is 5.32 Å². The summed E-state index contributed by atoms with van der Waals surface area (Å²) < 4.78 is 20.5. The van der Waals surface area contributed by atoms with E-state index in [4.69, 9.17) is 9.47 Å². The van der Waals surface area contributed by atoms with Crippen molar-refractivity contribution in [2.24, 2.45) is 0 Å². The van der Waals surface area contributed by atoms with Gasteiger partial charge in [0.2, 0.25) is 0 Å². The van der Waals surface area contributed by atoms with Gasteiger partial charge < -0.3 is 24.3 Å². The molecule has 7 nitrogen and oxygen atoms in total. The van der Waals surface area contributed by atoms with Crippen LogP contribution in [0.15, 0.2) is 0 Å². The van der Waals surface area contributed by atoms with Crippen LogP contribution in [0.1, 0.15) is 40.5 Å². The molecule has 0 saturated heterocycles. The Balaban J connectivity index is 3.99. The van der Waals surface area contributed by atoms with Crippen molar-refractivity contribution in [2.45, 2.75) is 51.7 Å². The van der Waals surface area contributed by atoms with Gasteiger partial charge in [-0.25, -0.2) is 4.79 Å². The van der Waals surface area contributed by atoms with Gasteiger partial charge in [0.25, 0.3) is 0 Å². The smallest absolute Gasteiger partial charge is 0.406 e. The zero-order valence-corrected chi connectivity index (χ0v) is 14.5. The summed E-state index contributed by atoms with van der Waals surface area (Å²) in [6.07, 6.45) is 0.411. The number of hydrogen-bond donors (Lipinski definition) is 1. The van der Waals surface area contributed by atoms with Gasteiger partial charge in [-0.3, -0.25) is 4.79 Å². The van der Waals surface area contributed by atoms with E-state index < -0.39 is 17.3 Å². The van der Waals surface area contributed by atoms with Gasteiger partial charge in [0.15, 0.2) is 0 Å². The first-order valence-corrected chi connectivity index (χ1v) is 7.28. The van der Waals surface area contributed by atoms with Gasteiger partial charge in [0.05, 0.1) is 45.1 Å². The van der Waals surface area contributed by atoms with Crippen molar-refractivity contribution in [3.8, 4) is 0 Å². The molecule has 0 saturated carbocycles. The molecule has 0 unspecified atom stereocenters. The number of ether oxygens (including phenoxy) is 4. The number of rotatable bonds is 10. The molecule has 7 heteroatoms. The Kier molecular flexibility index (Phi) is 9.04. The maximum Gasteiger partial charge on any atom is 0.406 e. The SMILES string of the molecule is COC(=O)CCOC(C)(C)CCOC(C)(C)CNC(=O)OC. The van der Waals surface area contributed by atoms with E-state index in [0.29, 0.717) is 26.2 Å². The van der Waals surface area contributed by atoms with Crippen LogP contribution >= 0.6 is 0 Å². The summed E-state index contributed by atoms with van der Waals surface area (Å²) in [7, 11) is 2.67. The molecule has 0 aliphatic heterocycles. The maximum absolute atomic E-state index is 11.0. The summed E-state index contributed by atoms with van der Waals surface area (Å²) >= 11 is 0. The predicted molar refractivity (Wildman–Crippen MR) is 81.7 cm³/mol. The monoisotopic (exact) mass is 319 g/mol. The maximum atomic E-state index is 11.0. The fourth-order valence-corrected chi connectivity index (χ4v) is 1.57. The molecule has 0 bridgehead atoms. The van der Waals surface area contributed by atoms with E-state index in [1.165, 1.54) is 14.2 Å². The largest absolute Gasteiger partial charge is 0.469 e. The van der Waals surface area contributed by atoms with Crippen LogP contribution in [0.25, 0.3) is 0 Å². The second-order valence-corrected chi connectivity index (χ2v) is 6.14. The molecular formula is C15H29NO6. The number of carbonyl (C=O) groups excluding carboxylic acids is 2. The second-order valence-electron chi connectivity index (χ2n) is 6.14. The zero-order chi connectivity index (χ0) is 17.2. The number of alkyl carbamates (subject to hydrolysis) is 1. The molecule has 0 aromatic rings. The van der Waals surface area contributed by atoms with E-state index in [1.807, 2.05) is 27.7 Å². The molecule has 0 aliphatic rings. The summed E-state index contributed by atoms with van der Waals surface area (Å²) in [5.41, 5.74) is -0.907. The molecule has 1 N–H and O–H groups in total. The van der Waals surface area contributed by atoms with Gasteiger partial charge in [-0.15, -0.1) is 0 Å². The van der Waals surface area contributed by atoms with Gasteiger partial charge in [-0.2, -0.15) is 0 Å². The van der Waals surface area contributed by atoms with Crippen LogP contribution in [-0.4, -0.2) is 57.2 Å². The van der Waals surface area contributed by atoms with Crippen molar-refractivity contribution >= 4 is 12.1 Å². The first-order valence-electron chi connectivity index (χ1n) is 7.28. The van der Waals surface area contributed by atoms with Gasteiger partial charge >= 0.3 is 12.1 Å². The van der Waals surface area contributed by atoms with Gasteiger partial charge in [-0.05, 0) is 34.1 Å². The lowest BCUT2D eigenvalue weighted by Crippen LogP contribution is -2.41. The van der Waals surface area contributed by atoms with Gasteiger partial charge in [0.1, 0.15) is 0 Å². The van der Waals surface area contributed by atoms with Crippen LogP contribution in [0, 0.1) is 0 Å².